The second-order valence-electron chi connectivity index (χ2n) is 7.51. The van der Waals surface area contributed by atoms with Crippen LogP contribution >= 0.6 is 0 Å². The number of carbonyl (C=O) groups excluding carboxylic acids is 1. The number of para-hydroxylation sites is 2. The highest BCUT2D eigenvalue weighted by Crippen LogP contribution is 2.28. The molecule has 1 aliphatic heterocycles. The summed E-state index contributed by atoms with van der Waals surface area (Å²) in [7, 11) is 0. The van der Waals surface area contributed by atoms with Gasteiger partial charge in [0.15, 0.2) is 0 Å². The van der Waals surface area contributed by atoms with Crippen LogP contribution in [0.5, 0.6) is 0 Å². The monoisotopic (exact) mass is 399 g/mol. The van der Waals surface area contributed by atoms with Crippen LogP contribution in [0.15, 0.2) is 71.5 Å². The number of benzene rings is 2. The molecule has 2 aromatic carbocycles. The lowest BCUT2D eigenvalue weighted by Gasteiger charge is -2.31. The maximum atomic E-state index is 13.0. The molecule has 1 amide bonds. The Kier molecular flexibility index (Phi) is 4.63. The highest BCUT2D eigenvalue weighted by molar-refractivity contribution is 5.95. The molecule has 0 saturated carbocycles. The SMILES string of the molecule is O=C(c1ccc2ccccc2n1)N1CCC(c2n[nH]c(=O)n2-c2ccccc2)CC1. The minimum Gasteiger partial charge on any atom is -0.337 e. The smallest absolute Gasteiger partial charge is 0.337 e. The number of aromatic amines is 1. The first kappa shape index (κ1) is 18.3. The fourth-order valence-electron chi connectivity index (χ4n) is 4.10. The number of piperidine rings is 1. The molecule has 1 fully saturated rings. The van der Waals surface area contributed by atoms with Crippen molar-refractivity contribution in [3.05, 3.63) is 88.7 Å². The number of fused-ring (bicyclic) bond motifs is 1. The van der Waals surface area contributed by atoms with E-state index in [0.29, 0.717) is 18.8 Å². The maximum Gasteiger partial charge on any atom is 0.347 e. The summed E-state index contributed by atoms with van der Waals surface area (Å²) >= 11 is 0. The molecule has 0 spiro atoms. The van der Waals surface area contributed by atoms with Gasteiger partial charge in [0.2, 0.25) is 0 Å². The number of H-pyrrole nitrogens is 1. The Hall–Kier alpha value is -3.74. The summed E-state index contributed by atoms with van der Waals surface area (Å²) in [6, 6.07) is 21.0. The van der Waals surface area contributed by atoms with Gasteiger partial charge in [0.05, 0.1) is 11.2 Å². The Morgan fingerprint density at radius 3 is 2.47 bits per heavy atom. The molecule has 150 valence electrons. The molecule has 1 saturated heterocycles. The summed E-state index contributed by atoms with van der Waals surface area (Å²) in [4.78, 5) is 31.7. The second kappa shape index (κ2) is 7.59. The Balaban J connectivity index is 1.33. The summed E-state index contributed by atoms with van der Waals surface area (Å²) in [5.74, 6) is 0.779. The second-order valence-corrected chi connectivity index (χ2v) is 7.51. The average molecular weight is 399 g/mol. The highest BCUT2D eigenvalue weighted by Gasteiger charge is 2.29. The molecule has 4 aromatic rings. The lowest BCUT2D eigenvalue weighted by Crippen LogP contribution is -2.39. The van der Waals surface area contributed by atoms with Crippen LogP contribution in [0, 0.1) is 0 Å². The van der Waals surface area contributed by atoms with Gasteiger partial charge >= 0.3 is 5.69 Å². The molecule has 0 unspecified atom stereocenters. The van der Waals surface area contributed by atoms with Gasteiger partial charge in [-0.1, -0.05) is 42.5 Å². The number of pyridine rings is 1. The van der Waals surface area contributed by atoms with E-state index in [1.54, 1.807) is 10.6 Å². The quantitative estimate of drug-likeness (QED) is 0.574. The van der Waals surface area contributed by atoms with Crippen LogP contribution in [0.25, 0.3) is 16.6 Å². The van der Waals surface area contributed by atoms with Crippen LogP contribution in [0.2, 0.25) is 0 Å². The van der Waals surface area contributed by atoms with Gasteiger partial charge in [0.25, 0.3) is 5.91 Å². The number of nitrogens with zero attached hydrogens (tertiary/aromatic N) is 4. The van der Waals surface area contributed by atoms with Crippen molar-refractivity contribution in [1.82, 2.24) is 24.6 Å². The molecule has 5 rings (SSSR count). The van der Waals surface area contributed by atoms with Crippen molar-refractivity contribution >= 4 is 16.8 Å². The van der Waals surface area contributed by atoms with Crippen molar-refractivity contribution in [2.75, 3.05) is 13.1 Å². The fraction of sp³-hybridized carbons (Fsp3) is 0.217. The molecule has 0 atom stereocenters. The lowest BCUT2D eigenvalue weighted by atomic mass is 9.95. The molecular weight excluding hydrogens is 378 g/mol. The number of likely N-dealkylation sites (tertiary alicyclic amines) is 1. The van der Waals surface area contributed by atoms with Crippen LogP contribution in [-0.2, 0) is 0 Å². The molecule has 0 radical (unpaired) electrons. The van der Waals surface area contributed by atoms with Gasteiger partial charge < -0.3 is 4.90 Å². The molecule has 7 nitrogen and oxygen atoms in total. The Bertz CT molecular complexity index is 1250. The maximum absolute atomic E-state index is 13.0. The molecule has 0 aliphatic carbocycles. The molecule has 3 heterocycles. The first-order chi connectivity index (χ1) is 14.7. The fourth-order valence-corrected chi connectivity index (χ4v) is 4.10. The van der Waals surface area contributed by atoms with Crippen LogP contribution < -0.4 is 5.69 Å². The minimum absolute atomic E-state index is 0.0540. The van der Waals surface area contributed by atoms with E-state index >= 15 is 0 Å². The van der Waals surface area contributed by atoms with Gasteiger partial charge in [-0.2, -0.15) is 5.10 Å². The van der Waals surface area contributed by atoms with E-state index in [4.69, 9.17) is 0 Å². The van der Waals surface area contributed by atoms with Crippen molar-refractivity contribution in [3.8, 4) is 5.69 Å². The largest absolute Gasteiger partial charge is 0.347 e. The van der Waals surface area contributed by atoms with Crippen molar-refractivity contribution in [3.63, 3.8) is 0 Å². The highest BCUT2D eigenvalue weighted by atomic mass is 16.2. The van der Waals surface area contributed by atoms with Crippen LogP contribution in [0.4, 0.5) is 0 Å². The number of amides is 1. The van der Waals surface area contributed by atoms with Gasteiger partial charge in [-0.05, 0) is 37.1 Å². The van der Waals surface area contributed by atoms with Crippen molar-refractivity contribution in [2.45, 2.75) is 18.8 Å². The van der Waals surface area contributed by atoms with Crippen LogP contribution in [0.1, 0.15) is 35.1 Å². The zero-order valence-corrected chi connectivity index (χ0v) is 16.4. The predicted molar refractivity (Wildman–Crippen MR) is 114 cm³/mol. The number of rotatable bonds is 3. The van der Waals surface area contributed by atoms with E-state index in [-0.39, 0.29) is 17.5 Å². The van der Waals surface area contributed by atoms with E-state index in [1.807, 2.05) is 65.6 Å². The van der Waals surface area contributed by atoms with Crippen LogP contribution in [0.3, 0.4) is 0 Å². The van der Waals surface area contributed by atoms with Gasteiger partial charge in [-0.15, -0.1) is 0 Å². The normalized spacial score (nSPS) is 14.9. The molecule has 2 aromatic heterocycles. The molecule has 0 bridgehead atoms. The zero-order chi connectivity index (χ0) is 20.5. The van der Waals surface area contributed by atoms with E-state index in [9.17, 15) is 9.59 Å². The van der Waals surface area contributed by atoms with E-state index in [0.717, 1.165) is 35.3 Å². The first-order valence-corrected chi connectivity index (χ1v) is 10.1. The van der Waals surface area contributed by atoms with Gasteiger partial charge in [0, 0.05) is 24.4 Å². The van der Waals surface area contributed by atoms with Crippen LogP contribution in [-0.4, -0.2) is 43.6 Å². The summed E-state index contributed by atoms with van der Waals surface area (Å²) in [6.45, 7) is 1.21. The Morgan fingerprint density at radius 2 is 1.67 bits per heavy atom. The van der Waals surface area contributed by atoms with Crippen molar-refractivity contribution < 1.29 is 4.79 Å². The van der Waals surface area contributed by atoms with Crippen molar-refractivity contribution in [1.29, 1.82) is 0 Å². The number of carbonyl (C=O) groups is 1. The summed E-state index contributed by atoms with van der Waals surface area (Å²) in [5, 5.41) is 7.88. The van der Waals surface area contributed by atoms with Gasteiger partial charge in [-0.3, -0.25) is 4.79 Å². The van der Waals surface area contributed by atoms with E-state index in [1.165, 1.54) is 0 Å². The number of nitrogens with one attached hydrogen (secondary N) is 1. The predicted octanol–water partition coefficient (Wildman–Crippen LogP) is 3.13. The molecule has 7 heteroatoms. The Labute approximate surface area is 173 Å². The summed E-state index contributed by atoms with van der Waals surface area (Å²) in [6.07, 6.45) is 1.49. The molecule has 1 N–H and O–H groups in total. The van der Waals surface area contributed by atoms with Gasteiger partial charge in [-0.25, -0.2) is 19.4 Å². The standard InChI is InChI=1S/C23H21N5O2/c29-22(20-11-10-16-6-4-5-9-19(16)24-20)27-14-12-17(13-15-27)21-25-26-23(30)28(21)18-7-2-1-3-8-18/h1-11,17H,12-15H2,(H,26,30). The molecule has 30 heavy (non-hydrogen) atoms. The number of hydrogen-bond acceptors (Lipinski definition) is 4. The van der Waals surface area contributed by atoms with Gasteiger partial charge in [0.1, 0.15) is 11.5 Å². The number of aromatic nitrogens is 4. The average Bonchev–Trinajstić information content (AvgIpc) is 3.20. The first-order valence-electron chi connectivity index (χ1n) is 10.1. The lowest BCUT2D eigenvalue weighted by molar-refractivity contribution is 0.0705. The topological polar surface area (TPSA) is 83.9 Å². The Morgan fingerprint density at radius 1 is 0.933 bits per heavy atom. The third-order valence-electron chi connectivity index (χ3n) is 5.68. The summed E-state index contributed by atoms with van der Waals surface area (Å²) in [5.41, 5.74) is 1.84. The number of hydrogen-bond donors (Lipinski definition) is 1. The zero-order valence-electron chi connectivity index (χ0n) is 16.4. The summed E-state index contributed by atoms with van der Waals surface area (Å²) < 4.78 is 1.63. The minimum atomic E-state index is -0.241. The third kappa shape index (κ3) is 3.28. The van der Waals surface area contributed by atoms with Crippen molar-refractivity contribution in [2.24, 2.45) is 0 Å². The molecular formula is C23H21N5O2. The van der Waals surface area contributed by atoms with E-state index < -0.39 is 0 Å². The molecule has 1 aliphatic rings. The third-order valence-corrected chi connectivity index (χ3v) is 5.68. The van der Waals surface area contributed by atoms with E-state index in [2.05, 4.69) is 15.2 Å².